The van der Waals surface area contributed by atoms with E-state index in [2.05, 4.69) is 35.2 Å². The molecule has 2 aliphatic heterocycles. The Morgan fingerprint density at radius 3 is 2.25 bits per heavy atom. The largest absolute Gasteiger partial charge is 0.444 e. The van der Waals surface area contributed by atoms with Crippen LogP contribution in [0.15, 0.2) is 54.6 Å². The predicted molar refractivity (Wildman–Crippen MR) is 125 cm³/mol. The first kappa shape index (κ1) is 22.8. The average molecular weight is 439 g/mol. The molecule has 1 atom stereocenters. The quantitative estimate of drug-likeness (QED) is 0.604. The topological polar surface area (TPSA) is 32.8 Å². The van der Waals surface area contributed by atoms with Crippen LogP contribution in [-0.4, -0.2) is 47.7 Å². The van der Waals surface area contributed by atoms with Crippen molar-refractivity contribution in [1.82, 2.24) is 9.80 Å². The van der Waals surface area contributed by atoms with Crippen LogP contribution in [0.2, 0.25) is 0 Å². The Balaban J connectivity index is 1.50. The number of benzene rings is 2. The second-order valence-electron chi connectivity index (χ2n) is 10.4. The lowest BCUT2D eigenvalue weighted by Crippen LogP contribution is -2.53. The molecule has 0 aliphatic carbocycles. The molecule has 4 nitrogen and oxygen atoms in total. The van der Waals surface area contributed by atoms with Crippen molar-refractivity contribution in [3.8, 4) is 0 Å². The van der Waals surface area contributed by atoms with Crippen LogP contribution in [0, 0.1) is 11.2 Å². The fraction of sp³-hybridized carbons (Fsp3) is 0.519. The highest BCUT2D eigenvalue weighted by Crippen LogP contribution is 2.50. The molecule has 1 spiro atoms. The highest BCUT2D eigenvalue weighted by molar-refractivity contribution is 5.68. The van der Waals surface area contributed by atoms with Crippen molar-refractivity contribution < 1.29 is 13.9 Å². The summed E-state index contributed by atoms with van der Waals surface area (Å²) >= 11 is 0. The van der Waals surface area contributed by atoms with Crippen LogP contribution in [0.1, 0.15) is 57.1 Å². The van der Waals surface area contributed by atoms with Crippen LogP contribution < -0.4 is 0 Å². The Hall–Kier alpha value is -2.40. The van der Waals surface area contributed by atoms with Crippen LogP contribution >= 0.6 is 0 Å². The smallest absolute Gasteiger partial charge is 0.410 e. The molecule has 0 saturated carbocycles. The van der Waals surface area contributed by atoms with E-state index in [0.717, 1.165) is 44.5 Å². The van der Waals surface area contributed by atoms with Gasteiger partial charge in [-0.2, -0.15) is 0 Å². The summed E-state index contributed by atoms with van der Waals surface area (Å²) in [5.74, 6) is -0.0384. The van der Waals surface area contributed by atoms with Gasteiger partial charge in [0.1, 0.15) is 11.4 Å². The molecule has 4 rings (SSSR count). The summed E-state index contributed by atoms with van der Waals surface area (Å²) in [5.41, 5.74) is 2.08. The Labute approximate surface area is 191 Å². The lowest BCUT2D eigenvalue weighted by atomic mass is 9.62. The Bertz CT molecular complexity index is 900. The molecule has 2 aliphatic rings. The second-order valence-corrected chi connectivity index (χ2v) is 10.4. The molecular weight excluding hydrogens is 403 g/mol. The van der Waals surface area contributed by atoms with E-state index in [-0.39, 0.29) is 23.2 Å². The van der Waals surface area contributed by atoms with Gasteiger partial charge in [0.05, 0.1) is 0 Å². The van der Waals surface area contributed by atoms with E-state index >= 15 is 0 Å². The SMILES string of the molecule is CC(C)(C)OC(=O)N1CCC2(CCN(Cc3ccccc3)CC2)[C@@H](c2ccc(F)cc2)C1. The highest BCUT2D eigenvalue weighted by atomic mass is 19.1. The van der Waals surface area contributed by atoms with Gasteiger partial charge in [-0.05, 0) is 81.8 Å². The number of hydrogen-bond donors (Lipinski definition) is 0. The zero-order valence-corrected chi connectivity index (χ0v) is 19.5. The van der Waals surface area contributed by atoms with Crippen molar-refractivity contribution in [3.63, 3.8) is 0 Å². The lowest BCUT2D eigenvalue weighted by molar-refractivity contribution is -0.0140. The molecule has 2 saturated heterocycles. The summed E-state index contributed by atoms with van der Waals surface area (Å²) in [6.07, 6.45) is 2.88. The highest BCUT2D eigenvalue weighted by Gasteiger charge is 2.46. The molecule has 2 heterocycles. The van der Waals surface area contributed by atoms with E-state index in [1.165, 1.54) is 5.56 Å². The maximum absolute atomic E-state index is 13.6. The van der Waals surface area contributed by atoms with Gasteiger partial charge >= 0.3 is 6.09 Å². The normalized spacial score (nSPS) is 21.5. The molecule has 172 valence electrons. The van der Waals surface area contributed by atoms with Crippen molar-refractivity contribution in [2.24, 2.45) is 5.41 Å². The lowest BCUT2D eigenvalue weighted by Gasteiger charge is -2.52. The summed E-state index contributed by atoms with van der Waals surface area (Å²) in [6, 6.07) is 17.5. The van der Waals surface area contributed by atoms with Crippen LogP contribution in [0.25, 0.3) is 0 Å². The molecule has 2 aromatic rings. The van der Waals surface area contributed by atoms with Gasteiger partial charge < -0.3 is 9.64 Å². The third kappa shape index (κ3) is 5.32. The number of halogens is 1. The van der Waals surface area contributed by atoms with Gasteiger partial charge in [0.2, 0.25) is 0 Å². The maximum Gasteiger partial charge on any atom is 0.410 e. The second kappa shape index (κ2) is 9.22. The Morgan fingerprint density at radius 2 is 1.62 bits per heavy atom. The van der Waals surface area contributed by atoms with Crippen molar-refractivity contribution in [3.05, 3.63) is 71.5 Å². The molecule has 32 heavy (non-hydrogen) atoms. The summed E-state index contributed by atoms with van der Waals surface area (Å²) in [6.45, 7) is 10.1. The van der Waals surface area contributed by atoms with E-state index in [0.29, 0.717) is 13.1 Å². The van der Waals surface area contributed by atoms with Crippen molar-refractivity contribution >= 4 is 6.09 Å². The molecule has 5 heteroatoms. The molecule has 0 aromatic heterocycles. The third-order valence-corrected chi connectivity index (χ3v) is 7.05. The van der Waals surface area contributed by atoms with Crippen LogP contribution in [0.3, 0.4) is 0 Å². The minimum Gasteiger partial charge on any atom is -0.444 e. The van der Waals surface area contributed by atoms with E-state index in [4.69, 9.17) is 4.74 Å². The first-order chi connectivity index (χ1) is 15.2. The number of piperidine rings is 2. The van der Waals surface area contributed by atoms with Gasteiger partial charge in [0, 0.05) is 25.6 Å². The molecular formula is C27H35FN2O2. The van der Waals surface area contributed by atoms with Crippen molar-refractivity contribution in [2.45, 2.75) is 58.1 Å². The Kier molecular flexibility index (Phi) is 6.57. The van der Waals surface area contributed by atoms with Gasteiger partial charge in [0.25, 0.3) is 0 Å². The molecule has 0 radical (unpaired) electrons. The van der Waals surface area contributed by atoms with Crippen LogP contribution in [0.5, 0.6) is 0 Å². The van der Waals surface area contributed by atoms with Crippen molar-refractivity contribution in [2.75, 3.05) is 26.2 Å². The zero-order valence-electron chi connectivity index (χ0n) is 19.5. The Morgan fingerprint density at radius 1 is 1.00 bits per heavy atom. The zero-order chi connectivity index (χ0) is 22.8. The fourth-order valence-corrected chi connectivity index (χ4v) is 5.28. The summed E-state index contributed by atoms with van der Waals surface area (Å²) in [4.78, 5) is 17.2. The van der Waals surface area contributed by atoms with Gasteiger partial charge in [-0.25, -0.2) is 9.18 Å². The first-order valence-electron chi connectivity index (χ1n) is 11.7. The number of rotatable bonds is 3. The monoisotopic (exact) mass is 438 g/mol. The van der Waals surface area contributed by atoms with E-state index in [1.54, 1.807) is 12.1 Å². The summed E-state index contributed by atoms with van der Waals surface area (Å²) in [7, 11) is 0. The average Bonchev–Trinajstić information content (AvgIpc) is 2.76. The molecule has 1 amide bonds. The standard InChI is InChI=1S/C27H35FN2O2/c1-26(2,3)32-25(31)30-18-15-27(24(20-30)22-9-11-23(28)12-10-22)13-16-29(17-14-27)19-21-7-5-4-6-8-21/h4-12,24H,13-20H2,1-3H3/t24-/m1/s1. The summed E-state index contributed by atoms with van der Waals surface area (Å²) in [5, 5.41) is 0. The molecule has 2 fully saturated rings. The van der Waals surface area contributed by atoms with Gasteiger partial charge in [-0.3, -0.25) is 4.90 Å². The van der Waals surface area contributed by atoms with E-state index in [1.807, 2.05) is 37.8 Å². The van der Waals surface area contributed by atoms with Crippen molar-refractivity contribution in [1.29, 1.82) is 0 Å². The number of carbonyl (C=O) groups is 1. The molecule has 2 aromatic carbocycles. The third-order valence-electron chi connectivity index (χ3n) is 7.05. The van der Waals surface area contributed by atoms with E-state index < -0.39 is 5.60 Å². The minimum absolute atomic E-state index is 0.129. The number of carbonyl (C=O) groups excluding carboxylic acids is 1. The maximum atomic E-state index is 13.6. The van der Waals surface area contributed by atoms with Gasteiger partial charge in [-0.15, -0.1) is 0 Å². The molecule has 0 N–H and O–H groups in total. The van der Waals surface area contributed by atoms with Crippen LogP contribution in [-0.2, 0) is 11.3 Å². The fourth-order valence-electron chi connectivity index (χ4n) is 5.28. The number of hydrogen-bond acceptors (Lipinski definition) is 3. The van der Waals surface area contributed by atoms with Crippen LogP contribution in [0.4, 0.5) is 9.18 Å². The van der Waals surface area contributed by atoms with E-state index in [9.17, 15) is 9.18 Å². The minimum atomic E-state index is -0.514. The van der Waals surface area contributed by atoms with Gasteiger partial charge in [0.15, 0.2) is 0 Å². The predicted octanol–water partition coefficient (Wildman–Crippen LogP) is 5.83. The number of amides is 1. The number of likely N-dealkylation sites (tertiary alicyclic amines) is 2. The number of nitrogens with zero attached hydrogens (tertiary/aromatic N) is 2. The summed E-state index contributed by atoms with van der Waals surface area (Å²) < 4.78 is 19.3. The number of ether oxygens (including phenoxy) is 1. The van der Waals surface area contributed by atoms with Gasteiger partial charge in [-0.1, -0.05) is 42.5 Å². The molecule has 0 unspecified atom stereocenters. The molecule has 0 bridgehead atoms. The first-order valence-corrected chi connectivity index (χ1v) is 11.7.